The summed E-state index contributed by atoms with van der Waals surface area (Å²) in [6, 6.07) is 14.8. The van der Waals surface area contributed by atoms with Crippen molar-refractivity contribution in [3.8, 4) is 11.5 Å². The molecule has 0 spiro atoms. The zero-order valence-electron chi connectivity index (χ0n) is 20.4. The predicted octanol–water partition coefficient (Wildman–Crippen LogP) is 5.02. The molecule has 1 aliphatic heterocycles. The lowest BCUT2D eigenvalue weighted by Crippen LogP contribution is -2.29. The lowest BCUT2D eigenvalue weighted by molar-refractivity contribution is -0.132. The third-order valence-electron chi connectivity index (χ3n) is 6.10. The Morgan fingerprint density at radius 2 is 1.60 bits per heavy atom. The fraction of sp³-hybridized carbons (Fsp3) is 0.250. The number of aliphatic hydroxyl groups is 1. The maximum atomic E-state index is 13.3. The first-order valence-corrected chi connectivity index (χ1v) is 11.2. The van der Waals surface area contributed by atoms with E-state index in [2.05, 4.69) is 4.98 Å². The Labute approximate surface area is 204 Å². The monoisotopic (exact) mass is 472 g/mol. The number of aliphatic hydroxyl groups excluding tert-OH is 1. The summed E-state index contributed by atoms with van der Waals surface area (Å²) in [6.07, 6.45) is 3.18. The summed E-state index contributed by atoms with van der Waals surface area (Å²) in [5, 5.41) is 11.4. The van der Waals surface area contributed by atoms with Crippen molar-refractivity contribution >= 4 is 23.1 Å². The Bertz CT molecular complexity index is 1290. The van der Waals surface area contributed by atoms with Crippen LogP contribution in [0, 0.1) is 0 Å². The van der Waals surface area contributed by atoms with Crippen LogP contribution in [0.2, 0.25) is 0 Å². The Balaban J connectivity index is 1.92. The van der Waals surface area contributed by atoms with E-state index < -0.39 is 17.7 Å². The molecule has 3 aromatic rings. The number of benzene rings is 2. The fourth-order valence-electron chi connectivity index (χ4n) is 4.30. The molecule has 1 atom stereocenters. The van der Waals surface area contributed by atoms with E-state index >= 15 is 0 Å². The summed E-state index contributed by atoms with van der Waals surface area (Å²) < 4.78 is 10.7. The van der Waals surface area contributed by atoms with Crippen LogP contribution in [0.25, 0.3) is 5.76 Å². The van der Waals surface area contributed by atoms with Gasteiger partial charge >= 0.3 is 0 Å². The van der Waals surface area contributed by atoms with Crippen molar-refractivity contribution < 1.29 is 24.2 Å². The largest absolute Gasteiger partial charge is 0.507 e. The number of hydrogen-bond acceptors (Lipinski definition) is 6. The zero-order chi connectivity index (χ0) is 25.3. The number of Topliss-reactive ketones (excluding diaryl/α,β-unsaturated/α-hetero) is 1. The van der Waals surface area contributed by atoms with Gasteiger partial charge in [-0.15, -0.1) is 0 Å². The van der Waals surface area contributed by atoms with E-state index in [0.717, 1.165) is 5.56 Å². The number of aromatic nitrogens is 1. The molecule has 2 aromatic carbocycles. The maximum Gasteiger partial charge on any atom is 0.300 e. The topological polar surface area (TPSA) is 89.0 Å². The van der Waals surface area contributed by atoms with Crippen LogP contribution >= 0.6 is 0 Å². The van der Waals surface area contributed by atoms with E-state index in [0.29, 0.717) is 28.3 Å². The number of amides is 1. The molecule has 180 valence electrons. The number of carbonyl (C=O) groups is 2. The van der Waals surface area contributed by atoms with Crippen molar-refractivity contribution in [1.29, 1.82) is 0 Å². The molecule has 2 heterocycles. The Hall–Kier alpha value is -4.13. The molecule has 4 rings (SSSR count). The summed E-state index contributed by atoms with van der Waals surface area (Å²) in [5.74, 6) is -0.414. The number of carbonyl (C=O) groups excluding carboxylic acids is 2. The molecule has 0 bridgehead atoms. The molecule has 7 nitrogen and oxygen atoms in total. The lowest BCUT2D eigenvalue weighted by Gasteiger charge is -2.26. The first kappa shape index (κ1) is 24.0. The summed E-state index contributed by atoms with van der Waals surface area (Å²) in [6.45, 7) is 6.11. The Morgan fingerprint density at radius 3 is 2.17 bits per heavy atom. The van der Waals surface area contributed by atoms with Crippen LogP contribution < -0.4 is 14.4 Å². The fourth-order valence-corrected chi connectivity index (χ4v) is 4.30. The van der Waals surface area contributed by atoms with Crippen molar-refractivity contribution in [1.82, 2.24) is 4.98 Å². The first-order chi connectivity index (χ1) is 16.7. The first-order valence-electron chi connectivity index (χ1n) is 11.2. The van der Waals surface area contributed by atoms with Crippen LogP contribution in [0.4, 0.5) is 5.69 Å². The van der Waals surface area contributed by atoms with Crippen LogP contribution in [0.1, 0.15) is 43.5 Å². The molecule has 0 radical (unpaired) electrons. The SMILES string of the molecule is COc1ccc(N2C(=O)C(=O)/C(=C(\O)c3ccc(OC)c(C(C)(C)C)c3)C2c2ccncc2)cc1. The number of anilines is 1. The van der Waals surface area contributed by atoms with Crippen LogP contribution in [0.15, 0.2) is 72.6 Å². The van der Waals surface area contributed by atoms with Gasteiger partial charge in [0.2, 0.25) is 0 Å². The molecule has 0 saturated carbocycles. The van der Waals surface area contributed by atoms with Gasteiger partial charge in [-0.2, -0.15) is 0 Å². The smallest absolute Gasteiger partial charge is 0.300 e. The highest BCUT2D eigenvalue weighted by atomic mass is 16.5. The van der Waals surface area contributed by atoms with E-state index in [1.807, 2.05) is 20.8 Å². The van der Waals surface area contributed by atoms with Gasteiger partial charge in [0.05, 0.1) is 25.8 Å². The van der Waals surface area contributed by atoms with Crippen LogP contribution in [0.5, 0.6) is 11.5 Å². The quantitative estimate of drug-likeness (QED) is 0.319. The van der Waals surface area contributed by atoms with E-state index in [1.165, 1.54) is 4.90 Å². The molecule has 1 N–H and O–H groups in total. The number of rotatable bonds is 5. The minimum absolute atomic E-state index is 0.0158. The van der Waals surface area contributed by atoms with Gasteiger partial charge in [-0.1, -0.05) is 20.8 Å². The number of ketones is 1. The predicted molar refractivity (Wildman–Crippen MR) is 134 cm³/mol. The van der Waals surface area contributed by atoms with Gasteiger partial charge in [-0.05, 0) is 65.6 Å². The van der Waals surface area contributed by atoms with Gasteiger partial charge in [-0.3, -0.25) is 19.5 Å². The Morgan fingerprint density at radius 1 is 0.943 bits per heavy atom. The van der Waals surface area contributed by atoms with Crippen molar-refractivity contribution in [2.45, 2.75) is 32.2 Å². The second-order valence-electron chi connectivity index (χ2n) is 9.31. The van der Waals surface area contributed by atoms with Gasteiger partial charge in [-0.25, -0.2) is 0 Å². The number of hydrogen-bond donors (Lipinski definition) is 1. The van der Waals surface area contributed by atoms with Crippen molar-refractivity contribution in [2.75, 3.05) is 19.1 Å². The summed E-state index contributed by atoms with van der Waals surface area (Å²) >= 11 is 0. The Kier molecular flexibility index (Phi) is 6.35. The standard InChI is InChI=1S/C28H28N2O5/c1-28(2,3)21-16-18(6-11-22(21)35-5)25(31)23-24(17-12-14-29-15-13-17)30(27(33)26(23)32)19-7-9-20(34-4)10-8-19/h6-16,24,31H,1-5H3/b25-23-. The highest BCUT2D eigenvalue weighted by Crippen LogP contribution is 2.43. The normalized spacial score (nSPS) is 17.5. The third kappa shape index (κ3) is 4.37. The molecule has 1 saturated heterocycles. The molecule has 1 fully saturated rings. The molecule has 7 heteroatoms. The minimum Gasteiger partial charge on any atom is -0.507 e. The van der Waals surface area contributed by atoms with Gasteiger partial charge in [0, 0.05) is 29.2 Å². The summed E-state index contributed by atoms with van der Waals surface area (Å²) in [5.41, 5.74) is 2.21. The second-order valence-corrected chi connectivity index (χ2v) is 9.31. The van der Waals surface area contributed by atoms with Crippen LogP contribution in [-0.4, -0.2) is 36.0 Å². The highest BCUT2D eigenvalue weighted by molar-refractivity contribution is 6.51. The van der Waals surface area contributed by atoms with E-state index in [-0.39, 0.29) is 16.7 Å². The van der Waals surface area contributed by atoms with Gasteiger partial charge in [0.15, 0.2) is 0 Å². The summed E-state index contributed by atoms with van der Waals surface area (Å²) in [7, 11) is 3.15. The molecule has 35 heavy (non-hydrogen) atoms. The molecule has 1 unspecified atom stereocenters. The van der Waals surface area contributed by atoms with Gasteiger partial charge in [0.25, 0.3) is 11.7 Å². The molecule has 1 aliphatic rings. The molecule has 0 aliphatic carbocycles. The van der Waals surface area contributed by atoms with Crippen molar-refractivity contribution in [3.05, 3.63) is 89.3 Å². The number of ether oxygens (including phenoxy) is 2. The van der Waals surface area contributed by atoms with E-state index in [1.54, 1.807) is 81.2 Å². The number of nitrogens with zero attached hydrogens (tertiary/aromatic N) is 2. The third-order valence-corrected chi connectivity index (χ3v) is 6.10. The molecule has 1 amide bonds. The maximum absolute atomic E-state index is 13.3. The van der Waals surface area contributed by atoms with Crippen LogP contribution in [-0.2, 0) is 15.0 Å². The second kappa shape index (κ2) is 9.25. The summed E-state index contributed by atoms with van der Waals surface area (Å²) in [4.78, 5) is 32.1. The minimum atomic E-state index is -0.827. The number of pyridine rings is 1. The van der Waals surface area contributed by atoms with Gasteiger partial charge < -0.3 is 14.6 Å². The lowest BCUT2D eigenvalue weighted by atomic mass is 9.84. The average Bonchev–Trinajstić information content (AvgIpc) is 3.13. The molecular weight excluding hydrogens is 444 g/mol. The average molecular weight is 473 g/mol. The molecule has 1 aromatic heterocycles. The van der Waals surface area contributed by atoms with E-state index in [4.69, 9.17) is 9.47 Å². The van der Waals surface area contributed by atoms with Gasteiger partial charge in [0.1, 0.15) is 17.3 Å². The molecular formula is C28H28N2O5. The van der Waals surface area contributed by atoms with Crippen molar-refractivity contribution in [3.63, 3.8) is 0 Å². The van der Waals surface area contributed by atoms with E-state index in [9.17, 15) is 14.7 Å². The number of methoxy groups -OCH3 is 2. The van der Waals surface area contributed by atoms with Crippen LogP contribution in [0.3, 0.4) is 0 Å². The zero-order valence-corrected chi connectivity index (χ0v) is 20.4. The highest BCUT2D eigenvalue weighted by Gasteiger charge is 2.47. The van der Waals surface area contributed by atoms with Crippen molar-refractivity contribution in [2.24, 2.45) is 0 Å².